The second-order valence-electron chi connectivity index (χ2n) is 3.46. The van der Waals surface area contributed by atoms with Crippen LogP contribution in [0.5, 0.6) is 0 Å². The van der Waals surface area contributed by atoms with Gasteiger partial charge in [0.1, 0.15) is 6.61 Å². The Morgan fingerprint density at radius 3 is 2.78 bits per heavy atom. The van der Waals surface area contributed by atoms with Crippen molar-refractivity contribution in [2.24, 2.45) is 10.7 Å². The Morgan fingerprint density at radius 1 is 1.33 bits per heavy atom. The summed E-state index contributed by atoms with van der Waals surface area (Å²) in [5, 5.41) is 2.73. The van der Waals surface area contributed by atoms with Gasteiger partial charge in [0.2, 0.25) is 5.91 Å². The summed E-state index contributed by atoms with van der Waals surface area (Å²) >= 11 is 0. The lowest BCUT2D eigenvalue weighted by atomic mass is 10.2. The molecule has 104 valence electrons. The Kier molecular flexibility index (Phi) is 10.8. The predicted octanol–water partition coefficient (Wildman–Crippen LogP) is 0.433. The summed E-state index contributed by atoms with van der Waals surface area (Å²) in [6.07, 6.45) is 2.57. The molecule has 0 saturated carbocycles. The second-order valence-corrected chi connectivity index (χ2v) is 3.46. The number of hydrogen-bond donors (Lipinski definition) is 2. The van der Waals surface area contributed by atoms with Crippen molar-refractivity contribution < 1.29 is 19.1 Å². The van der Waals surface area contributed by atoms with Crippen LogP contribution in [0, 0.1) is 0 Å². The summed E-state index contributed by atoms with van der Waals surface area (Å²) in [5.74, 6) is 0.0316. The molecule has 7 heteroatoms. The highest BCUT2D eigenvalue weighted by Gasteiger charge is 1.99. The average Bonchev–Trinajstić information content (AvgIpc) is 2.35. The minimum absolute atomic E-state index is 0.0316. The number of nitrogens with one attached hydrogen (secondary N) is 1. The number of hydrogen-bond acceptors (Lipinski definition) is 4. The number of ether oxygens (including phenoxy) is 2. The molecule has 0 atom stereocenters. The maximum Gasteiger partial charge on any atom is 0.435 e. The number of carbonyl (C=O) groups is 2. The van der Waals surface area contributed by atoms with E-state index in [1.807, 2.05) is 6.92 Å². The molecule has 0 fully saturated rings. The highest BCUT2D eigenvalue weighted by atomic mass is 16.6. The normalized spacial score (nSPS) is 10.5. The zero-order valence-corrected chi connectivity index (χ0v) is 10.7. The van der Waals surface area contributed by atoms with E-state index in [9.17, 15) is 9.59 Å². The number of rotatable bonds is 9. The van der Waals surface area contributed by atoms with Crippen molar-refractivity contribution in [3.05, 3.63) is 0 Å². The molecule has 0 unspecified atom stereocenters. The number of nitrogens with zero attached hydrogens (tertiary/aromatic N) is 1. The molecule has 3 N–H and O–H groups in total. The van der Waals surface area contributed by atoms with Gasteiger partial charge in [-0.15, -0.1) is 0 Å². The molecule has 0 aliphatic rings. The van der Waals surface area contributed by atoms with Crippen molar-refractivity contribution in [1.82, 2.24) is 5.32 Å². The van der Waals surface area contributed by atoms with E-state index in [4.69, 9.17) is 10.5 Å². The van der Waals surface area contributed by atoms with E-state index in [0.29, 0.717) is 19.6 Å². The van der Waals surface area contributed by atoms with Crippen molar-refractivity contribution in [2.75, 3.05) is 26.4 Å². The van der Waals surface area contributed by atoms with Gasteiger partial charge in [-0.2, -0.15) is 4.99 Å². The molecule has 0 aliphatic heterocycles. The first-order valence-corrected chi connectivity index (χ1v) is 5.96. The Balaban J connectivity index is 3.25. The lowest BCUT2D eigenvalue weighted by molar-refractivity contribution is -0.121. The molecule has 0 rings (SSSR count). The second kappa shape index (κ2) is 11.8. The molecule has 0 aliphatic carbocycles. The maximum atomic E-state index is 11.2. The van der Waals surface area contributed by atoms with Gasteiger partial charge in [0, 0.05) is 13.0 Å². The van der Waals surface area contributed by atoms with E-state index >= 15 is 0 Å². The number of unbranched alkanes of at least 4 members (excludes halogenated alkanes) is 1. The summed E-state index contributed by atoms with van der Waals surface area (Å²) in [6.45, 7) is 3.25. The quantitative estimate of drug-likeness (QED) is 0.355. The van der Waals surface area contributed by atoms with Gasteiger partial charge in [-0.1, -0.05) is 13.3 Å². The third-order valence-corrected chi connectivity index (χ3v) is 1.96. The third-order valence-electron chi connectivity index (χ3n) is 1.96. The molecule has 0 aromatic rings. The lowest BCUT2D eigenvalue weighted by Crippen LogP contribution is -2.27. The Hall–Kier alpha value is -1.63. The first-order chi connectivity index (χ1) is 8.70. The van der Waals surface area contributed by atoms with Crippen LogP contribution in [0.15, 0.2) is 4.99 Å². The predicted molar refractivity (Wildman–Crippen MR) is 67.4 cm³/mol. The molecule has 0 radical (unpaired) electrons. The molecule has 0 saturated heterocycles. The van der Waals surface area contributed by atoms with Crippen molar-refractivity contribution in [1.29, 1.82) is 0 Å². The van der Waals surface area contributed by atoms with Gasteiger partial charge in [-0.05, 0) is 6.42 Å². The molecule has 0 bridgehead atoms. The molecule has 18 heavy (non-hydrogen) atoms. The van der Waals surface area contributed by atoms with Crippen molar-refractivity contribution in [2.45, 2.75) is 26.2 Å². The Labute approximate surface area is 107 Å². The van der Waals surface area contributed by atoms with Gasteiger partial charge < -0.3 is 20.5 Å². The molecule has 0 aromatic carbocycles. The zero-order chi connectivity index (χ0) is 13.6. The van der Waals surface area contributed by atoms with Gasteiger partial charge in [-0.25, -0.2) is 4.79 Å². The largest absolute Gasteiger partial charge is 0.445 e. The molecule has 0 heterocycles. The van der Waals surface area contributed by atoms with Gasteiger partial charge >= 0.3 is 6.09 Å². The van der Waals surface area contributed by atoms with Gasteiger partial charge in [-0.3, -0.25) is 4.79 Å². The number of aliphatic imine (C=N–C) groups is 1. The monoisotopic (exact) mass is 259 g/mol. The van der Waals surface area contributed by atoms with E-state index in [1.54, 1.807) is 0 Å². The molecule has 0 spiro atoms. The fourth-order valence-corrected chi connectivity index (χ4v) is 1.08. The smallest absolute Gasteiger partial charge is 0.435 e. The van der Waals surface area contributed by atoms with Crippen LogP contribution < -0.4 is 11.1 Å². The highest BCUT2D eigenvalue weighted by molar-refractivity contribution is 5.77. The van der Waals surface area contributed by atoms with Crippen LogP contribution in [0.2, 0.25) is 0 Å². The van der Waals surface area contributed by atoms with E-state index in [2.05, 4.69) is 15.0 Å². The first kappa shape index (κ1) is 16.4. The first-order valence-electron chi connectivity index (χ1n) is 5.96. The molecular formula is C11H21N3O4. The highest BCUT2D eigenvalue weighted by Crippen LogP contribution is 1.92. The zero-order valence-electron chi connectivity index (χ0n) is 10.7. The van der Waals surface area contributed by atoms with Gasteiger partial charge in [0.15, 0.2) is 0 Å². The van der Waals surface area contributed by atoms with Gasteiger partial charge in [0.05, 0.1) is 19.6 Å². The minimum atomic E-state index is -0.742. The molecule has 7 nitrogen and oxygen atoms in total. The van der Waals surface area contributed by atoms with E-state index < -0.39 is 6.09 Å². The maximum absolute atomic E-state index is 11.2. The summed E-state index contributed by atoms with van der Waals surface area (Å²) in [6, 6.07) is 0. The number of nitrogens with two attached hydrogens (primary N) is 1. The van der Waals surface area contributed by atoms with Crippen LogP contribution in [-0.2, 0) is 14.3 Å². The fourth-order valence-electron chi connectivity index (χ4n) is 1.08. The topological polar surface area (TPSA) is 103 Å². The molecular weight excluding hydrogens is 238 g/mol. The summed E-state index contributed by atoms with van der Waals surface area (Å²) in [5.41, 5.74) is 4.90. The summed E-state index contributed by atoms with van der Waals surface area (Å²) < 4.78 is 9.78. The SMILES string of the molecule is CCCCC(=O)NCCOCCOC(=O)N=CN. The van der Waals surface area contributed by atoms with Crippen LogP contribution in [-0.4, -0.2) is 44.7 Å². The molecule has 2 amide bonds. The average molecular weight is 259 g/mol. The lowest BCUT2D eigenvalue weighted by Gasteiger charge is -2.06. The van der Waals surface area contributed by atoms with E-state index in [-0.39, 0.29) is 19.1 Å². The van der Waals surface area contributed by atoms with Crippen molar-refractivity contribution in [3.63, 3.8) is 0 Å². The van der Waals surface area contributed by atoms with Crippen LogP contribution in [0.4, 0.5) is 4.79 Å². The van der Waals surface area contributed by atoms with Crippen LogP contribution >= 0.6 is 0 Å². The van der Waals surface area contributed by atoms with Crippen LogP contribution in [0.3, 0.4) is 0 Å². The minimum Gasteiger partial charge on any atom is -0.445 e. The third kappa shape index (κ3) is 10.9. The van der Waals surface area contributed by atoms with Gasteiger partial charge in [0.25, 0.3) is 0 Å². The standard InChI is InChI=1S/C11H21N3O4/c1-2-3-4-10(15)13-5-6-17-7-8-18-11(16)14-9-12/h9H,2-8H2,1H3,(H,13,15)(H2,12,14,16). The Morgan fingerprint density at radius 2 is 2.11 bits per heavy atom. The summed E-state index contributed by atoms with van der Waals surface area (Å²) in [4.78, 5) is 25.1. The van der Waals surface area contributed by atoms with Crippen molar-refractivity contribution >= 4 is 18.3 Å². The van der Waals surface area contributed by atoms with E-state index in [1.165, 1.54) is 0 Å². The van der Waals surface area contributed by atoms with Crippen LogP contribution in [0.1, 0.15) is 26.2 Å². The Bertz CT molecular complexity index is 269. The van der Waals surface area contributed by atoms with Crippen LogP contribution in [0.25, 0.3) is 0 Å². The number of carbonyl (C=O) groups excluding carboxylic acids is 2. The molecule has 0 aromatic heterocycles. The summed E-state index contributed by atoms with van der Waals surface area (Å²) in [7, 11) is 0. The van der Waals surface area contributed by atoms with E-state index in [0.717, 1.165) is 19.2 Å². The fraction of sp³-hybridized carbons (Fsp3) is 0.727. The number of amides is 2. The van der Waals surface area contributed by atoms with Crippen molar-refractivity contribution in [3.8, 4) is 0 Å².